The normalized spacial score (nSPS) is 10.3. The minimum Gasteiger partial charge on any atom is -0.497 e. The summed E-state index contributed by atoms with van der Waals surface area (Å²) in [6, 6.07) is 19.3. The Morgan fingerprint density at radius 1 is 1.07 bits per heavy atom. The fourth-order valence-electron chi connectivity index (χ4n) is 2.64. The number of nitrogens with zero attached hydrogens (tertiary/aromatic N) is 3. The maximum atomic E-state index is 12.4. The van der Waals surface area contributed by atoms with Crippen molar-refractivity contribution in [1.29, 1.82) is 0 Å². The minimum atomic E-state index is -0.214. The first-order chi connectivity index (χ1) is 13.2. The van der Waals surface area contributed by atoms with Gasteiger partial charge in [0.2, 0.25) is 0 Å². The molecule has 1 N–H and O–H groups in total. The van der Waals surface area contributed by atoms with Crippen LogP contribution in [0, 0.1) is 0 Å². The number of para-hydroxylation sites is 1. The topological polar surface area (TPSA) is 67.3 Å². The Kier molecular flexibility index (Phi) is 5.99. The molecule has 1 amide bonds. The van der Waals surface area contributed by atoms with Gasteiger partial charge in [0.1, 0.15) is 23.6 Å². The van der Waals surface area contributed by atoms with Crippen LogP contribution in [0.25, 0.3) is 0 Å². The maximum Gasteiger partial charge on any atom is 0.270 e. The summed E-state index contributed by atoms with van der Waals surface area (Å²) in [5.74, 6) is 1.27. The Balaban J connectivity index is 1.59. The number of amides is 1. The van der Waals surface area contributed by atoms with Crippen molar-refractivity contribution in [1.82, 2.24) is 15.3 Å². The van der Waals surface area contributed by atoms with E-state index in [1.807, 2.05) is 66.5 Å². The Labute approximate surface area is 158 Å². The number of anilines is 2. The lowest BCUT2D eigenvalue weighted by Gasteiger charge is -2.18. The summed E-state index contributed by atoms with van der Waals surface area (Å²) in [5.41, 5.74) is 2.46. The van der Waals surface area contributed by atoms with E-state index in [0.717, 1.165) is 23.4 Å². The molecule has 2 aromatic carbocycles. The smallest absolute Gasteiger partial charge is 0.270 e. The Hall–Kier alpha value is -3.41. The molecular formula is C21H22N4O2. The maximum absolute atomic E-state index is 12.4. The summed E-state index contributed by atoms with van der Waals surface area (Å²) < 4.78 is 5.14. The van der Waals surface area contributed by atoms with Crippen molar-refractivity contribution in [3.63, 3.8) is 0 Å². The van der Waals surface area contributed by atoms with Gasteiger partial charge in [-0.3, -0.25) is 4.79 Å². The number of rotatable bonds is 7. The van der Waals surface area contributed by atoms with E-state index in [1.165, 1.54) is 6.33 Å². The lowest BCUT2D eigenvalue weighted by molar-refractivity contribution is 0.0949. The summed E-state index contributed by atoms with van der Waals surface area (Å²) in [4.78, 5) is 22.7. The molecule has 0 atom stereocenters. The standard InChI is InChI=1S/C21H22N4O2/c1-25(17-6-4-3-5-7-17)20-14-19(23-15-24-20)21(26)22-13-12-16-8-10-18(27-2)11-9-16/h3-11,14-15H,12-13H2,1-2H3,(H,22,26). The van der Waals surface area contributed by atoms with Crippen molar-refractivity contribution in [3.8, 4) is 5.75 Å². The number of carbonyl (C=O) groups is 1. The van der Waals surface area contributed by atoms with Gasteiger partial charge < -0.3 is 15.0 Å². The highest BCUT2D eigenvalue weighted by Crippen LogP contribution is 2.20. The molecule has 6 nitrogen and oxygen atoms in total. The quantitative estimate of drug-likeness (QED) is 0.699. The molecule has 27 heavy (non-hydrogen) atoms. The van der Waals surface area contributed by atoms with Crippen LogP contribution in [0.4, 0.5) is 11.5 Å². The second kappa shape index (κ2) is 8.80. The molecule has 0 saturated heterocycles. The average Bonchev–Trinajstić information content (AvgIpc) is 2.74. The zero-order chi connectivity index (χ0) is 19.1. The highest BCUT2D eigenvalue weighted by molar-refractivity contribution is 5.93. The fourth-order valence-corrected chi connectivity index (χ4v) is 2.64. The van der Waals surface area contributed by atoms with Gasteiger partial charge in [-0.05, 0) is 36.2 Å². The molecule has 0 bridgehead atoms. The molecule has 0 fully saturated rings. The van der Waals surface area contributed by atoms with Gasteiger partial charge in [-0.2, -0.15) is 0 Å². The van der Waals surface area contributed by atoms with Crippen molar-refractivity contribution >= 4 is 17.4 Å². The second-order valence-corrected chi connectivity index (χ2v) is 6.01. The summed E-state index contributed by atoms with van der Waals surface area (Å²) in [5, 5.41) is 2.90. The molecule has 0 aliphatic rings. The summed E-state index contributed by atoms with van der Waals surface area (Å²) in [7, 11) is 3.55. The Bertz CT molecular complexity index is 882. The monoisotopic (exact) mass is 362 g/mol. The van der Waals surface area contributed by atoms with Crippen LogP contribution in [0.1, 0.15) is 16.1 Å². The van der Waals surface area contributed by atoms with Gasteiger partial charge in [0.25, 0.3) is 5.91 Å². The Morgan fingerprint density at radius 2 is 1.81 bits per heavy atom. The first kappa shape index (κ1) is 18.4. The number of carbonyl (C=O) groups excluding carboxylic acids is 1. The largest absolute Gasteiger partial charge is 0.497 e. The van der Waals surface area contributed by atoms with Crippen molar-refractivity contribution in [2.45, 2.75) is 6.42 Å². The lowest BCUT2D eigenvalue weighted by Crippen LogP contribution is -2.27. The van der Waals surface area contributed by atoms with Gasteiger partial charge in [0.15, 0.2) is 0 Å². The fraction of sp³-hybridized carbons (Fsp3) is 0.190. The van der Waals surface area contributed by atoms with E-state index in [2.05, 4.69) is 15.3 Å². The molecule has 3 aromatic rings. The number of hydrogen-bond acceptors (Lipinski definition) is 5. The van der Waals surface area contributed by atoms with Crippen LogP contribution in [0.5, 0.6) is 5.75 Å². The second-order valence-electron chi connectivity index (χ2n) is 6.01. The molecule has 0 unspecified atom stereocenters. The minimum absolute atomic E-state index is 0.214. The average molecular weight is 362 g/mol. The van der Waals surface area contributed by atoms with Gasteiger partial charge in [0, 0.05) is 25.3 Å². The molecule has 0 aliphatic heterocycles. The van der Waals surface area contributed by atoms with Crippen molar-refractivity contribution in [3.05, 3.63) is 78.2 Å². The van der Waals surface area contributed by atoms with E-state index in [4.69, 9.17) is 4.74 Å². The highest BCUT2D eigenvalue weighted by Gasteiger charge is 2.11. The molecule has 0 spiro atoms. The van der Waals surface area contributed by atoms with Gasteiger partial charge >= 0.3 is 0 Å². The molecule has 0 radical (unpaired) electrons. The highest BCUT2D eigenvalue weighted by atomic mass is 16.5. The van der Waals surface area contributed by atoms with Crippen molar-refractivity contribution in [2.75, 3.05) is 25.6 Å². The number of aromatic nitrogens is 2. The zero-order valence-electron chi connectivity index (χ0n) is 15.4. The van der Waals surface area contributed by atoms with Gasteiger partial charge in [0.05, 0.1) is 7.11 Å². The van der Waals surface area contributed by atoms with E-state index >= 15 is 0 Å². The van der Waals surface area contributed by atoms with E-state index in [0.29, 0.717) is 18.1 Å². The molecular weight excluding hydrogens is 340 g/mol. The third kappa shape index (κ3) is 4.82. The van der Waals surface area contributed by atoms with Crippen molar-refractivity contribution < 1.29 is 9.53 Å². The van der Waals surface area contributed by atoms with Gasteiger partial charge in [-0.1, -0.05) is 30.3 Å². The predicted molar refractivity (Wildman–Crippen MR) is 106 cm³/mol. The number of benzene rings is 2. The first-order valence-electron chi connectivity index (χ1n) is 8.69. The molecule has 6 heteroatoms. The first-order valence-corrected chi connectivity index (χ1v) is 8.69. The van der Waals surface area contributed by atoms with Crippen molar-refractivity contribution in [2.24, 2.45) is 0 Å². The van der Waals surface area contributed by atoms with E-state index in [-0.39, 0.29) is 5.91 Å². The zero-order valence-corrected chi connectivity index (χ0v) is 15.4. The summed E-state index contributed by atoms with van der Waals surface area (Å²) in [6.45, 7) is 0.527. The molecule has 0 aliphatic carbocycles. The third-order valence-electron chi connectivity index (χ3n) is 4.23. The van der Waals surface area contributed by atoms with Crippen LogP contribution in [0.2, 0.25) is 0 Å². The number of hydrogen-bond donors (Lipinski definition) is 1. The van der Waals surface area contributed by atoms with Gasteiger partial charge in [-0.25, -0.2) is 9.97 Å². The molecule has 1 heterocycles. The van der Waals surface area contributed by atoms with Gasteiger partial charge in [-0.15, -0.1) is 0 Å². The van der Waals surface area contributed by atoms with Crippen LogP contribution in [0.3, 0.4) is 0 Å². The van der Waals surface area contributed by atoms with E-state index < -0.39 is 0 Å². The predicted octanol–water partition coefficient (Wildman–Crippen LogP) is 3.23. The van der Waals surface area contributed by atoms with Crippen LogP contribution < -0.4 is 15.0 Å². The molecule has 3 rings (SSSR count). The lowest BCUT2D eigenvalue weighted by atomic mass is 10.1. The summed E-state index contributed by atoms with van der Waals surface area (Å²) >= 11 is 0. The molecule has 138 valence electrons. The third-order valence-corrected chi connectivity index (χ3v) is 4.23. The molecule has 1 aromatic heterocycles. The van der Waals surface area contributed by atoms with E-state index in [9.17, 15) is 4.79 Å². The van der Waals surface area contributed by atoms with E-state index in [1.54, 1.807) is 13.2 Å². The number of methoxy groups -OCH3 is 1. The SMILES string of the molecule is COc1ccc(CCNC(=O)c2cc(N(C)c3ccccc3)ncn2)cc1. The van der Waals surface area contributed by atoms with Crippen LogP contribution in [-0.2, 0) is 6.42 Å². The Morgan fingerprint density at radius 3 is 2.52 bits per heavy atom. The summed E-state index contributed by atoms with van der Waals surface area (Å²) in [6.07, 6.45) is 2.14. The van der Waals surface area contributed by atoms with Crippen LogP contribution in [-0.4, -0.2) is 36.6 Å². The molecule has 0 saturated carbocycles. The number of nitrogens with one attached hydrogen (secondary N) is 1. The number of ether oxygens (including phenoxy) is 1. The van der Waals surface area contributed by atoms with Crippen LogP contribution in [0.15, 0.2) is 67.0 Å². The van der Waals surface area contributed by atoms with Crippen LogP contribution >= 0.6 is 0 Å².